The maximum absolute atomic E-state index is 13.0. The summed E-state index contributed by atoms with van der Waals surface area (Å²) in [6.07, 6.45) is 40.1. The number of unbranched alkanes of at least 4 members (excludes halogenated alkanes) is 12. The topological polar surface area (TPSA) is 76.1 Å². The molecule has 364 valence electrons. The van der Waals surface area contributed by atoms with E-state index in [1.807, 2.05) is 0 Å². The fourth-order valence-corrected chi connectivity index (χ4v) is 11.6. The number of carbonyl (C=O) groups excluding carboxylic acids is 2. The number of rotatable bonds is 35. The predicted molar refractivity (Wildman–Crippen MR) is 267 cm³/mol. The van der Waals surface area contributed by atoms with E-state index in [4.69, 9.17) is 9.47 Å². The number of nitrogens with zero attached hydrogens (tertiary/aromatic N) is 1. The summed E-state index contributed by atoms with van der Waals surface area (Å²) in [6.45, 7) is 22.1. The van der Waals surface area contributed by atoms with Crippen LogP contribution in [-0.2, 0) is 19.1 Å². The van der Waals surface area contributed by atoms with E-state index in [0.29, 0.717) is 24.2 Å². The molecule has 3 rings (SSSR count). The standard InChI is InChI=1S/C57H101NO5/c1-8-10-12-13-14-18-31-51(30-11-9-2)62-55(60)32-19-15-16-21-41-58(43-23-24-44-59)42-22-17-20-33-56(61)63-52-37-34-47(5)50(45-52)36-35-49-29-26-40-57(7)53(38-39-54(49)57)48(6)28-25-27-46(3)4/h35-36,46,48,51-54,59H,5,8-34,37-45H2,1-4,6-7H3/b49-35+,50-36-. The van der Waals surface area contributed by atoms with Crippen molar-refractivity contribution < 1.29 is 24.2 Å². The second-order valence-electron chi connectivity index (χ2n) is 21.3. The quantitative estimate of drug-likeness (QED) is 0.0505. The molecule has 3 aliphatic carbocycles. The van der Waals surface area contributed by atoms with Gasteiger partial charge in [-0.1, -0.05) is 155 Å². The van der Waals surface area contributed by atoms with Gasteiger partial charge in [-0.3, -0.25) is 9.59 Å². The molecule has 0 aromatic heterocycles. The zero-order valence-corrected chi connectivity index (χ0v) is 42.3. The van der Waals surface area contributed by atoms with Crippen molar-refractivity contribution in [3.05, 3.63) is 35.5 Å². The number of fused-ring (bicyclic) bond motifs is 1. The number of aliphatic hydroxyl groups is 1. The van der Waals surface area contributed by atoms with Crippen LogP contribution < -0.4 is 0 Å². The van der Waals surface area contributed by atoms with Crippen LogP contribution in [0.5, 0.6) is 0 Å². The van der Waals surface area contributed by atoms with Crippen molar-refractivity contribution in [2.24, 2.45) is 29.1 Å². The molecule has 0 radical (unpaired) electrons. The Balaban J connectivity index is 1.34. The number of carbonyl (C=O) groups is 2. The normalized spacial score (nSPS) is 23.8. The van der Waals surface area contributed by atoms with Crippen LogP contribution >= 0.6 is 0 Å². The molecule has 3 saturated carbocycles. The van der Waals surface area contributed by atoms with E-state index in [-0.39, 0.29) is 30.8 Å². The fourth-order valence-electron chi connectivity index (χ4n) is 11.6. The van der Waals surface area contributed by atoms with Crippen molar-refractivity contribution in [3.8, 4) is 0 Å². The Labute approximate surface area is 389 Å². The van der Waals surface area contributed by atoms with E-state index in [2.05, 4.69) is 65.2 Å². The highest BCUT2D eigenvalue weighted by Gasteiger charge is 2.50. The first-order valence-electron chi connectivity index (χ1n) is 27.3. The molecule has 0 heterocycles. The Bertz CT molecular complexity index is 1320. The summed E-state index contributed by atoms with van der Waals surface area (Å²) >= 11 is 0. The first kappa shape index (κ1) is 55.4. The fraction of sp³-hybridized carbons (Fsp3) is 0.860. The van der Waals surface area contributed by atoms with Gasteiger partial charge in [0.05, 0.1) is 0 Å². The van der Waals surface area contributed by atoms with Crippen LogP contribution in [0.3, 0.4) is 0 Å². The largest absolute Gasteiger partial charge is 0.462 e. The Morgan fingerprint density at radius 3 is 2.08 bits per heavy atom. The van der Waals surface area contributed by atoms with Gasteiger partial charge < -0.3 is 19.5 Å². The molecule has 0 aromatic carbocycles. The maximum Gasteiger partial charge on any atom is 0.306 e. The number of aliphatic hydroxyl groups excluding tert-OH is 1. The van der Waals surface area contributed by atoms with E-state index in [0.717, 1.165) is 140 Å². The van der Waals surface area contributed by atoms with Crippen LogP contribution in [0.4, 0.5) is 0 Å². The third-order valence-corrected chi connectivity index (χ3v) is 15.5. The minimum absolute atomic E-state index is 0.00697. The van der Waals surface area contributed by atoms with Crippen LogP contribution in [0.15, 0.2) is 35.5 Å². The molecule has 0 bridgehead atoms. The van der Waals surface area contributed by atoms with Gasteiger partial charge in [0.1, 0.15) is 12.2 Å². The molecular weight excluding hydrogens is 779 g/mol. The number of ether oxygens (including phenoxy) is 2. The van der Waals surface area contributed by atoms with Gasteiger partial charge in [-0.15, -0.1) is 0 Å². The van der Waals surface area contributed by atoms with Crippen molar-refractivity contribution in [3.63, 3.8) is 0 Å². The summed E-state index contributed by atoms with van der Waals surface area (Å²) in [5, 5.41) is 9.38. The van der Waals surface area contributed by atoms with E-state index >= 15 is 0 Å². The lowest BCUT2D eigenvalue weighted by molar-refractivity contribution is -0.150. The summed E-state index contributed by atoms with van der Waals surface area (Å²) in [5.74, 6) is 3.11. The highest BCUT2D eigenvalue weighted by Crippen LogP contribution is 2.60. The van der Waals surface area contributed by atoms with Gasteiger partial charge in [0, 0.05) is 25.9 Å². The molecule has 0 aliphatic heterocycles. The second-order valence-corrected chi connectivity index (χ2v) is 21.3. The monoisotopic (exact) mass is 880 g/mol. The smallest absolute Gasteiger partial charge is 0.306 e. The van der Waals surface area contributed by atoms with Crippen molar-refractivity contribution in [2.45, 2.75) is 259 Å². The van der Waals surface area contributed by atoms with Crippen LogP contribution in [0.1, 0.15) is 247 Å². The van der Waals surface area contributed by atoms with Crippen molar-refractivity contribution >= 4 is 11.9 Å². The summed E-state index contributed by atoms with van der Waals surface area (Å²) in [5.41, 5.74) is 4.59. The van der Waals surface area contributed by atoms with E-state index in [1.54, 1.807) is 5.57 Å². The number of esters is 2. The van der Waals surface area contributed by atoms with Crippen LogP contribution in [0.2, 0.25) is 0 Å². The Hall–Kier alpha value is -1.92. The van der Waals surface area contributed by atoms with Crippen LogP contribution in [0, 0.1) is 29.1 Å². The van der Waals surface area contributed by atoms with Gasteiger partial charge in [0.25, 0.3) is 0 Å². The summed E-state index contributed by atoms with van der Waals surface area (Å²) in [6, 6.07) is 0. The average Bonchev–Trinajstić information content (AvgIpc) is 3.62. The number of hydrogen-bond acceptors (Lipinski definition) is 6. The molecule has 3 fully saturated rings. The zero-order valence-electron chi connectivity index (χ0n) is 42.3. The predicted octanol–water partition coefficient (Wildman–Crippen LogP) is 15.6. The number of hydrogen-bond donors (Lipinski definition) is 1. The van der Waals surface area contributed by atoms with Gasteiger partial charge in [-0.2, -0.15) is 0 Å². The molecule has 63 heavy (non-hydrogen) atoms. The SMILES string of the molecule is C=C1CCC(OC(=O)CCCCCN(CCCCO)CCCCCCC(=O)OC(CCCC)CCCCCCCC)C/C1=C/C=C1\CCCC2(C)C1CCC2C(C)CCCC(C)C. The lowest BCUT2D eigenvalue weighted by Crippen LogP contribution is -2.36. The lowest BCUT2D eigenvalue weighted by atomic mass is 9.60. The average molecular weight is 880 g/mol. The van der Waals surface area contributed by atoms with Gasteiger partial charge in [0.15, 0.2) is 0 Å². The minimum atomic E-state index is -0.0502. The van der Waals surface area contributed by atoms with Crippen molar-refractivity contribution in [2.75, 3.05) is 26.2 Å². The molecule has 0 aromatic rings. The molecule has 6 atom stereocenters. The molecule has 1 N–H and O–H groups in total. The maximum atomic E-state index is 13.0. The second kappa shape index (κ2) is 32.7. The van der Waals surface area contributed by atoms with E-state index in [9.17, 15) is 14.7 Å². The molecule has 3 aliphatic rings. The highest BCUT2D eigenvalue weighted by molar-refractivity contribution is 5.70. The Morgan fingerprint density at radius 2 is 1.37 bits per heavy atom. The molecule has 0 spiro atoms. The van der Waals surface area contributed by atoms with Crippen LogP contribution in [0.25, 0.3) is 0 Å². The minimum Gasteiger partial charge on any atom is -0.462 e. The molecule has 6 nitrogen and oxygen atoms in total. The summed E-state index contributed by atoms with van der Waals surface area (Å²) < 4.78 is 12.0. The van der Waals surface area contributed by atoms with E-state index < -0.39 is 0 Å². The Kier molecular flexibility index (Phi) is 28.8. The first-order valence-corrected chi connectivity index (χ1v) is 27.3. The molecular formula is C57H101NO5. The molecule has 6 heteroatoms. The van der Waals surface area contributed by atoms with Gasteiger partial charge in [-0.05, 0) is 157 Å². The van der Waals surface area contributed by atoms with Crippen molar-refractivity contribution in [1.82, 2.24) is 4.90 Å². The van der Waals surface area contributed by atoms with E-state index in [1.165, 1.54) is 101 Å². The lowest BCUT2D eigenvalue weighted by Gasteiger charge is -2.44. The first-order chi connectivity index (χ1) is 30.5. The van der Waals surface area contributed by atoms with Crippen LogP contribution in [-0.4, -0.2) is 60.4 Å². The molecule has 6 unspecified atom stereocenters. The van der Waals surface area contributed by atoms with Gasteiger partial charge in [-0.25, -0.2) is 0 Å². The summed E-state index contributed by atoms with van der Waals surface area (Å²) in [7, 11) is 0. The third kappa shape index (κ3) is 22.0. The zero-order chi connectivity index (χ0) is 45.7. The Morgan fingerprint density at radius 1 is 0.730 bits per heavy atom. The highest BCUT2D eigenvalue weighted by atomic mass is 16.5. The molecule has 0 saturated heterocycles. The van der Waals surface area contributed by atoms with Gasteiger partial charge >= 0.3 is 11.9 Å². The van der Waals surface area contributed by atoms with Gasteiger partial charge in [0.2, 0.25) is 0 Å². The summed E-state index contributed by atoms with van der Waals surface area (Å²) in [4.78, 5) is 28.3. The van der Waals surface area contributed by atoms with Crippen molar-refractivity contribution in [1.29, 1.82) is 0 Å². The number of allylic oxidation sites excluding steroid dienone is 4. The molecule has 0 amide bonds. The third-order valence-electron chi connectivity index (χ3n) is 15.5.